The zero-order chi connectivity index (χ0) is 12.4. The third kappa shape index (κ3) is 2.65. The van der Waals surface area contributed by atoms with E-state index in [0.29, 0.717) is 0 Å². The summed E-state index contributed by atoms with van der Waals surface area (Å²) in [6.07, 6.45) is 0. The Morgan fingerprint density at radius 1 is 1.35 bits per heavy atom. The van der Waals surface area contributed by atoms with E-state index in [2.05, 4.69) is 28.0 Å². The van der Waals surface area contributed by atoms with Crippen molar-refractivity contribution in [2.45, 2.75) is 6.04 Å². The molecule has 0 radical (unpaired) electrons. The van der Waals surface area contributed by atoms with Gasteiger partial charge < -0.3 is 0 Å². The largest absolute Gasteiger partial charge is 0.271 e. The molecule has 17 heavy (non-hydrogen) atoms. The molecule has 0 saturated carbocycles. The first-order valence-corrected chi connectivity index (χ1v) is 6.73. The second-order valence-electron chi connectivity index (χ2n) is 3.43. The lowest BCUT2D eigenvalue weighted by atomic mass is 10.0. The SMILES string of the molecule is NNC(c1csc(I)c1)c1cccc(F)c1F. The highest BCUT2D eigenvalue weighted by Gasteiger charge is 2.19. The van der Waals surface area contributed by atoms with E-state index >= 15 is 0 Å². The fourth-order valence-corrected chi connectivity index (χ4v) is 2.98. The van der Waals surface area contributed by atoms with Gasteiger partial charge in [0, 0.05) is 5.56 Å². The first-order chi connectivity index (χ1) is 8.13. The molecule has 0 bridgehead atoms. The Morgan fingerprint density at radius 3 is 2.71 bits per heavy atom. The molecule has 1 aromatic carbocycles. The van der Waals surface area contributed by atoms with E-state index in [0.717, 1.165) is 14.5 Å². The summed E-state index contributed by atoms with van der Waals surface area (Å²) in [5, 5.41) is 1.87. The van der Waals surface area contributed by atoms with Gasteiger partial charge in [0.2, 0.25) is 0 Å². The van der Waals surface area contributed by atoms with Crippen molar-refractivity contribution >= 4 is 33.9 Å². The molecule has 0 spiro atoms. The molecule has 0 amide bonds. The highest BCUT2D eigenvalue weighted by atomic mass is 127. The van der Waals surface area contributed by atoms with Crippen LogP contribution < -0.4 is 11.3 Å². The summed E-state index contributed by atoms with van der Waals surface area (Å²) in [6, 6.07) is 5.43. The Labute approximate surface area is 115 Å². The fraction of sp³-hybridized carbons (Fsp3) is 0.0909. The zero-order valence-corrected chi connectivity index (χ0v) is 11.6. The van der Waals surface area contributed by atoms with E-state index in [1.165, 1.54) is 23.5 Å². The molecule has 2 rings (SSSR count). The van der Waals surface area contributed by atoms with Gasteiger partial charge in [0.15, 0.2) is 11.6 Å². The quantitative estimate of drug-likeness (QED) is 0.498. The summed E-state index contributed by atoms with van der Waals surface area (Å²) < 4.78 is 27.9. The van der Waals surface area contributed by atoms with Gasteiger partial charge in [0.1, 0.15) is 0 Å². The molecule has 0 aliphatic heterocycles. The van der Waals surface area contributed by atoms with Gasteiger partial charge >= 0.3 is 0 Å². The molecule has 1 atom stereocenters. The van der Waals surface area contributed by atoms with Gasteiger partial charge in [-0.3, -0.25) is 5.84 Å². The smallest absolute Gasteiger partial charge is 0.163 e. The van der Waals surface area contributed by atoms with Gasteiger partial charge in [-0.15, -0.1) is 11.3 Å². The van der Waals surface area contributed by atoms with Crippen LogP contribution in [0.4, 0.5) is 8.78 Å². The number of halogens is 3. The van der Waals surface area contributed by atoms with E-state index < -0.39 is 17.7 Å². The average Bonchev–Trinajstić information content (AvgIpc) is 2.72. The second kappa shape index (κ2) is 5.38. The lowest BCUT2D eigenvalue weighted by Crippen LogP contribution is -2.29. The minimum absolute atomic E-state index is 0.210. The minimum Gasteiger partial charge on any atom is -0.271 e. The lowest BCUT2D eigenvalue weighted by molar-refractivity contribution is 0.483. The van der Waals surface area contributed by atoms with E-state index in [1.54, 1.807) is 0 Å². The molecule has 2 nitrogen and oxygen atoms in total. The van der Waals surface area contributed by atoms with Crippen LogP contribution in [0.2, 0.25) is 0 Å². The maximum Gasteiger partial charge on any atom is 0.163 e. The molecule has 2 aromatic rings. The van der Waals surface area contributed by atoms with Crippen LogP contribution >= 0.6 is 33.9 Å². The van der Waals surface area contributed by atoms with Crippen LogP contribution in [0, 0.1) is 14.5 Å². The molecule has 3 N–H and O–H groups in total. The summed E-state index contributed by atoms with van der Waals surface area (Å²) in [4.78, 5) is 0. The number of hydrogen-bond donors (Lipinski definition) is 2. The van der Waals surface area contributed by atoms with E-state index in [-0.39, 0.29) is 5.56 Å². The summed E-state index contributed by atoms with van der Waals surface area (Å²) in [5.41, 5.74) is 3.55. The standard InChI is InChI=1S/C11H9F2IN2S/c12-8-3-1-2-7(10(8)13)11(16-15)6-4-9(14)17-5-6/h1-5,11,16H,15H2. The Morgan fingerprint density at radius 2 is 2.12 bits per heavy atom. The average molecular weight is 366 g/mol. The number of rotatable bonds is 3. The van der Waals surface area contributed by atoms with Crippen molar-refractivity contribution in [3.8, 4) is 0 Å². The molecule has 6 heteroatoms. The van der Waals surface area contributed by atoms with E-state index in [1.807, 2.05) is 11.4 Å². The number of benzene rings is 1. The Kier molecular flexibility index (Phi) is 4.08. The van der Waals surface area contributed by atoms with Gasteiger partial charge in [-0.25, -0.2) is 14.2 Å². The molecule has 1 unspecified atom stereocenters. The van der Waals surface area contributed by atoms with E-state index in [9.17, 15) is 8.78 Å². The highest BCUT2D eigenvalue weighted by Crippen LogP contribution is 2.28. The summed E-state index contributed by atoms with van der Waals surface area (Å²) in [7, 11) is 0. The van der Waals surface area contributed by atoms with Crippen molar-refractivity contribution in [1.29, 1.82) is 0 Å². The predicted molar refractivity (Wildman–Crippen MR) is 72.6 cm³/mol. The van der Waals surface area contributed by atoms with Gasteiger partial charge in [0.25, 0.3) is 0 Å². The molecule has 0 fully saturated rings. The molecule has 0 aliphatic carbocycles. The number of nitrogens with one attached hydrogen (secondary N) is 1. The van der Waals surface area contributed by atoms with Gasteiger partial charge in [-0.2, -0.15) is 0 Å². The summed E-state index contributed by atoms with van der Waals surface area (Å²) in [5.74, 6) is 3.70. The van der Waals surface area contributed by atoms with Crippen molar-refractivity contribution in [2.24, 2.45) is 5.84 Å². The third-order valence-corrected chi connectivity index (χ3v) is 4.19. The second-order valence-corrected chi connectivity index (χ2v) is 6.23. The maximum atomic E-state index is 13.7. The van der Waals surface area contributed by atoms with Gasteiger partial charge in [0.05, 0.1) is 8.93 Å². The van der Waals surface area contributed by atoms with Crippen LogP contribution in [0.5, 0.6) is 0 Å². The van der Waals surface area contributed by atoms with Crippen LogP contribution in [-0.2, 0) is 0 Å². The molecular weight excluding hydrogens is 357 g/mol. The van der Waals surface area contributed by atoms with Crippen LogP contribution in [0.1, 0.15) is 17.2 Å². The lowest BCUT2D eigenvalue weighted by Gasteiger charge is -2.16. The Bertz CT molecular complexity index is 530. The minimum atomic E-state index is -0.868. The van der Waals surface area contributed by atoms with Crippen molar-refractivity contribution in [2.75, 3.05) is 0 Å². The number of nitrogens with two attached hydrogens (primary N) is 1. The fourth-order valence-electron chi connectivity index (χ4n) is 1.58. The number of hydrazine groups is 1. The van der Waals surface area contributed by atoms with Gasteiger partial charge in [-0.05, 0) is 45.7 Å². The molecule has 0 saturated heterocycles. The number of thiophene rings is 1. The highest BCUT2D eigenvalue weighted by molar-refractivity contribution is 14.1. The monoisotopic (exact) mass is 366 g/mol. The van der Waals surface area contributed by atoms with Crippen LogP contribution in [0.25, 0.3) is 0 Å². The topological polar surface area (TPSA) is 38.0 Å². The molecule has 1 aromatic heterocycles. The van der Waals surface area contributed by atoms with Crippen molar-refractivity contribution < 1.29 is 8.78 Å². The first kappa shape index (κ1) is 12.9. The first-order valence-electron chi connectivity index (χ1n) is 4.77. The summed E-state index contributed by atoms with van der Waals surface area (Å²) in [6.45, 7) is 0. The third-order valence-electron chi connectivity index (χ3n) is 2.38. The molecule has 1 heterocycles. The predicted octanol–water partition coefficient (Wildman–Crippen LogP) is 3.18. The van der Waals surface area contributed by atoms with Crippen molar-refractivity contribution in [3.63, 3.8) is 0 Å². The van der Waals surface area contributed by atoms with Crippen molar-refractivity contribution in [1.82, 2.24) is 5.43 Å². The van der Waals surface area contributed by atoms with Crippen LogP contribution in [-0.4, -0.2) is 0 Å². The molecular formula is C11H9F2IN2S. The number of hydrogen-bond acceptors (Lipinski definition) is 3. The Hall–Kier alpha value is -0.570. The normalized spacial score (nSPS) is 12.7. The van der Waals surface area contributed by atoms with Crippen molar-refractivity contribution in [3.05, 3.63) is 55.3 Å². The summed E-state index contributed by atoms with van der Waals surface area (Å²) >= 11 is 3.69. The zero-order valence-electron chi connectivity index (χ0n) is 8.58. The maximum absolute atomic E-state index is 13.7. The molecule has 90 valence electrons. The van der Waals surface area contributed by atoms with Crippen LogP contribution in [0.15, 0.2) is 29.6 Å². The van der Waals surface area contributed by atoms with Gasteiger partial charge in [-0.1, -0.05) is 12.1 Å². The Balaban J connectivity index is 2.45. The van der Waals surface area contributed by atoms with Crippen LogP contribution in [0.3, 0.4) is 0 Å². The molecule has 0 aliphatic rings. The van der Waals surface area contributed by atoms with E-state index in [4.69, 9.17) is 5.84 Å².